The number of amides is 1. The van der Waals surface area contributed by atoms with Crippen LogP contribution in [0.25, 0.3) is 16.5 Å². The van der Waals surface area contributed by atoms with Crippen molar-refractivity contribution < 1.29 is 23.5 Å². The average molecular weight is 530 g/mol. The summed E-state index contributed by atoms with van der Waals surface area (Å²) in [7, 11) is 0. The van der Waals surface area contributed by atoms with Crippen LogP contribution in [0.4, 0.5) is 9.39 Å². The predicted molar refractivity (Wildman–Crippen MR) is 136 cm³/mol. The van der Waals surface area contributed by atoms with Crippen LogP contribution in [-0.2, 0) is 9.53 Å². The molecule has 11 heteroatoms. The summed E-state index contributed by atoms with van der Waals surface area (Å²) in [6.07, 6.45) is 0. The van der Waals surface area contributed by atoms with Gasteiger partial charge in [0.1, 0.15) is 16.6 Å². The van der Waals surface area contributed by atoms with Gasteiger partial charge in [0.25, 0.3) is 11.5 Å². The lowest BCUT2D eigenvalue weighted by Crippen LogP contribution is -2.42. The summed E-state index contributed by atoms with van der Waals surface area (Å²) in [6, 6.07) is 11.8. The first-order valence-electron chi connectivity index (χ1n) is 10.8. The van der Waals surface area contributed by atoms with Gasteiger partial charge in [-0.25, -0.2) is 9.18 Å². The van der Waals surface area contributed by atoms with Crippen LogP contribution in [0.5, 0.6) is 5.75 Å². The normalized spacial score (nSPS) is 11.4. The largest absolute Gasteiger partial charge is 0.478 e. The highest BCUT2D eigenvalue weighted by atomic mass is 35.5. The Morgan fingerprint density at radius 2 is 1.92 bits per heavy atom. The van der Waals surface area contributed by atoms with Crippen molar-refractivity contribution in [3.8, 4) is 11.4 Å². The highest BCUT2D eigenvalue weighted by Crippen LogP contribution is 2.32. The van der Waals surface area contributed by atoms with E-state index in [0.717, 1.165) is 22.1 Å². The fourth-order valence-electron chi connectivity index (χ4n) is 3.37. The zero-order chi connectivity index (χ0) is 26.0. The first-order valence-corrected chi connectivity index (χ1v) is 12.1. The molecular weight excluding hydrogens is 509 g/mol. The number of carbonyl (C=O) groups excluding carboxylic acids is 2. The van der Waals surface area contributed by atoms with Crippen molar-refractivity contribution in [2.75, 3.05) is 11.9 Å². The lowest BCUT2D eigenvalue weighted by atomic mass is 10.1. The average Bonchev–Trinajstić information content (AvgIpc) is 3.25. The van der Waals surface area contributed by atoms with Gasteiger partial charge < -0.3 is 14.8 Å². The molecule has 0 aliphatic carbocycles. The quantitative estimate of drug-likeness (QED) is 0.330. The highest BCUT2D eigenvalue weighted by molar-refractivity contribution is 7.16. The van der Waals surface area contributed by atoms with Gasteiger partial charge in [0.15, 0.2) is 11.3 Å². The van der Waals surface area contributed by atoms with Gasteiger partial charge in [-0.3, -0.25) is 9.59 Å². The Balaban J connectivity index is 1.78. The van der Waals surface area contributed by atoms with Gasteiger partial charge in [-0.1, -0.05) is 17.7 Å². The first kappa shape index (κ1) is 25.3. The van der Waals surface area contributed by atoms with Gasteiger partial charge >= 0.3 is 5.97 Å². The predicted octanol–water partition coefficient (Wildman–Crippen LogP) is 5.21. The van der Waals surface area contributed by atoms with E-state index in [9.17, 15) is 18.8 Å². The Morgan fingerprint density at radius 1 is 1.19 bits per heavy atom. The number of anilines is 1. The van der Waals surface area contributed by atoms with Crippen molar-refractivity contribution in [2.24, 2.45) is 0 Å². The van der Waals surface area contributed by atoms with Crippen molar-refractivity contribution >= 4 is 50.6 Å². The van der Waals surface area contributed by atoms with Gasteiger partial charge in [0, 0.05) is 15.8 Å². The molecule has 2 aromatic heterocycles. The fraction of sp³-hybridized carbons (Fsp3) is 0.200. The lowest BCUT2D eigenvalue weighted by Gasteiger charge is -2.25. The molecule has 0 atom stereocenters. The molecule has 0 spiro atoms. The highest BCUT2D eigenvalue weighted by Gasteiger charge is 2.32. The number of aromatic nitrogens is 2. The van der Waals surface area contributed by atoms with Crippen molar-refractivity contribution in [2.45, 2.75) is 26.4 Å². The summed E-state index contributed by atoms with van der Waals surface area (Å²) >= 11 is 6.95. The number of fused-ring (bicyclic) bond motifs is 1. The molecule has 1 N–H and O–H groups in total. The molecule has 186 valence electrons. The van der Waals surface area contributed by atoms with Crippen LogP contribution in [-0.4, -0.2) is 33.9 Å². The minimum atomic E-state index is -1.33. The molecule has 0 unspecified atom stereocenters. The number of rotatable bonds is 7. The summed E-state index contributed by atoms with van der Waals surface area (Å²) in [4.78, 5) is 39.3. The number of thiophene rings is 1. The SMILES string of the molecule is CCOC(=O)c1nn(-c2cccc(F)c2)c(=O)c2c(NC(=O)C(C)(C)Oc3ccc(Cl)cc3)scc12. The number of nitrogens with one attached hydrogen (secondary N) is 1. The van der Waals surface area contributed by atoms with Crippen molar-refractivity contribution in [3.63, 3.8) is 0 Å². The van der Waals surface area contributed by atoms with Gasteiger partial charge in [-0.05, 0) is 63.2 Å². The topological polar surface area (TPSA) is 99.5 Å². The summed E-state index contributed by atoms with van der Waals surface area (Å²) in [5, 5.41) is 9.38. The molecule has 1 amide bonds. The third-order valence-corrected chi connectivity index (χ3v) is 6.28. The van der Waals surface area contributed by atoms with Gasteiger partial charge in [0.05, 0.1) is 17.7 Å². The zero-order valence-electron chi connectivity index (χ0n) is 19.5. The van der Waals surface area contributed by atoms with E-state index in [2.05, 4.69) is 10.4 Å². The summed E-state index contributed by atoms with van der Waals surface area (Å²) < 4.78 is 25.7. The number of carbonyl (C=O) groups is 2. The molecule has 4 aromatic rings. The number of ether oxygens (including phenoxy) is 2. The smallest absolute Gasteiger partial charge is 0.359 e. The van der Waals surface area contributed by atoms with Crippen molar-refractivity contribution in [3.05, 3.63) is 80.8 Å². The molecule has 0 aliphatic heterocycles. The second kappa shape index (κ2) is 10.1. The molecule has 0 saturated heterocycles. The number of hydrogen-bond acceptors (Lipinski definition) is 7. The number of nitrogens with zero attached hydrogens (tertiary/aromatic N) is 2. The third-order valence-electron chi connectivity index (χ3n) is 5.13. The first-order chi connectivity index (χ1) is 17.1. The van der Waals surface area contributed by atoms with Crippen molar-refractivity contribution in [1.29, 1.82) is 0 Å². The number of esters is 1. The van der Waals surface area contributed by atoms with E-state index in [1.807, 2.05) is 0 Å². The molecule has 2 heterocycles. The second-order valence-corrected chi connectivity index (χ2v) is 9.46. The maximum atomic E-state index is 13.9. The maximum absolute atomic E-state index is 13.9. The van der Waals surface area contributed by atoms with Gasteiger partial charge in [0.2, 0.25) is 0 Å². The van der Waals surface area contributed by atoms with Crippen LogP contribution >= 0.6 is 22.9 Å². The van der Waals surface area contributed by atoms with Gasteiger partial charge in [-0.15, -0.1) is 11.3 Å². The standard InChI is InChI=1S/C25H21ClFN3O5S/c1-4-34-23(32)20-18-13-36-21(19(18)22(31)30(29-20)16-7-5-6-15(27)12-16)28-24(33)25(2,3)35-17-10-8-14(26)9-11-17/h5-13H,4H2,1-3H3,(H,28,33). The lowest BCUT2D eigenvalue weighted by molar-refractivity contribution is -0.128. The van der Waals surface area contributed by atoms with E-state index in [4.69, 9.17) is 21.1 Å². The maximum Gasteiger partial charge on any atom is 0.359 e. The Labute approximate surface area is 214 Å². The van der Waals surface area contributed by atoms with Crippen molar-refractivity contribution in [1.82, 2.24) is 9.78 Å². The molecule has 0 radical (unpaired) electrons. The second-order valence-electron chi connectivity index (χ2n) is 8.14. The molecule has 2 aromatic carbocycles. The zero-order valence-corrected chi connectivity index (χ0v) is 21.1. The molecule has 0 saturated carbocycles. The van der Waals surface area contributed by atoms with E-state index in [1.165, 1.54) is 23.6 Å². The third kappa shape index (κ3) is 5.09. The minimum Gasteiger partial charge on any atom is -0.478 e. The Hall–Kier alpha value is -3.76. The van der Waals surface area contributed by atoms with E-state index < -0.39 is 28.9 Å². The summed E-state index contributed by atoms with van der Waals surface area (Å²) in [6.45, 7) is 4.87. The molecule has 8 nitrogen and oxygen atoms in total. The van der Waals surface area contributed by atoms with E-state index in [0.29, 0.717) is 10.8 Å². The van der Waals surface area contributed by atoms with Crippen LogP contribution in [0, 0.1) is 5.82 Å². The molecule has 36 heavy (non-hydrogen) atoms. The van der Waals surface area contributed by atoms with Crippen LogP contribution in [0.3, 0.4) is 0 Å². The van der Waals surface area contributed by atoms with E-state index in [-0.39, 0.29) is 33.8 Å². The summed E-state index contributed by atoms with van der Waals surface area (Å²) in [5.41, 5.74) is -1.99. The molecular formula is C25H21ClFN3O5S. The number of benzene rings is 2. The van der Waals surface area contributed by atoms with E-state index >= 15 is 0 Å². The van der Waals surface area contributed by atoms with Crippen LogP contribution in [0.15, 0.2) is 58.7 Å². The molecule has 0 bridgehead atoms. The fourth-order valence-corrected chi connectivity index (χ4v) is 4.43. The molecule has 0 aliphatic rings. The van der Waals surface area contributed by atoms with Crippen LogP contribution < -0.4 is 15.6 Å². The van der Waals surface area contributed by atoms with E-state index in [1.54, 1.807) is 45.0 Å². The molecule has 0 fully saturated rings. The monoisotopic (exact) mass is 529 g/mol. The Morgan fingerprint density at radius 3 is 2.58 bits per heavy atom. The van der Waals surface area contributed by atoms with Crippen LogP contribution in [0.2, 0.25) is 5.02 Å². The minimum absolute atomic E-state index is 0.0398. The number of halogens is 2. The Bertz CT molecular complexity index is 1510. The Kier molecular flexibility index (Phi) is 7.09. The number of hydrogen-bond donors (Lipinski definition) is 1. The molecule has 4 rings (SSSR count). The van der Waals surface area contributed by atoms with Gasteiger partial charge in [-0.2, -0.15) is 9.78 Å². The van der Waals surface area contributed by atoms with Crippen LogP contribution in [0.1, 0.15) is 31.3 Å². The summed E-state index contributed by atoms with van der Waals surface area (Å²) in [5.74, 6) is -1.45.